The lowest BCUT2D eigenvalue weighted by Crippen LogP contribution is -2.66. The Bertz CT molecular complexity index is 262. The third kappa shape index (κ3) is 3.23. The summed E-state index contributed by atoms with van der Waals surface area (Å²) < 4.78 is 5.53. The van der Waals surface area contributed by atoms with E-state index in [0.717, 1.165) is 6.42 Å². The van der Waals surface area contributed by atoms with Gasteiger partial charge in [0, 0.05) is 51.9 Å². The Morgan fingerprint density at radius 1 is 1.28 bits per heavy atom. The van der Waals surface area contributed by atoms with Gasteiger partial charge < -0.3 is 10.1 Å². The number of piperazine rings is 3. The number of hydrogen-bond donors (Lipinski definition) is 1. The van der Waals surface area contributed by atoms with Crippen molar-refractivity contribution >= 4 is 0 Å². The summed E-state index contributed by atoms with van der Waals surface area (Å²) in [6, 6.07) is 1.27. The van der Waals surface area contributed by atoms with Crippen LogP contribution < -0.4 is 5.32 Å². The van der Waals surface area contributed by atoms with Gasteiger partial charge >= 0.3 is 0 Å². The van der Waals surface area contributed by atoms with E-state index in [9.17, 15) is 0 Å². The van der Waals surface area contributed by atoms with Crippen molar-refractivity contribution in [3.05, 3.63) is 0 Å². The summed E-state index contributed by atoms with van der Waals surface area (Å²) in [7, 11) is 3.91. The molecular formula is C14H29N3O. The number of hydrogen-bond acceptors (Lipinski definition) is 4. The van der Waals surface area contributed by atoms with Crippen LogP contribution in [0.25, 0.3) is 0 Å². The molecule has 3 fully saturated rings. The van der Waals surface area contributed by atoms with E-state index < -0.39 is 0 Å². The molecule has 0 aromatic rings. The molecule has 2 bridgehead atoms. The van der Waals surface area contributed by atoms with Crippen molar-refractivity contribution in [1.82, 2.24) is 15.1 Å². The molecule has 0 amide bonds. The standard InChI is InChI=1S/C14H29N3O/c1-14(2,18-4)6-5-12(15-3)13-11-16-7-9-17(13)10-8-16/h12-13,15H,5-11H2,1-4H3. The van der Waals surface area contributed by atoms with Crippen molar-refractivity contribution in [2.45, 2.75) is 44.4 Å². The summed E-state index contributed by atoms with van der Waals surface area (Å²) in [5.74, 6) is 0. The van der Waals surface area contributed by atoms with E-state index in [4.69, 9.17) is 4.74 Å². The van der Waals surface area contributed by atoms with Crippen LogP contribution >= 0.6 is 0 Å². The van der Waals surface area contributed by atoms with E-state index in [1.165, 1.54) is 39.1 Å². The highest BCUT2D eigenvalue weighted by Crippen LogP contribution is 2.23. The second-order valence-electron chi connectivity index (χ2n) is 6.30. The van der Waals surface area contributed by atoms with E-state index in [-0.39, 0.29) is 5.60 Å². The lowest BCUT2D eigenvalue weighted by molar-refractivity contribution is -0.0164. The van der Waals surface area contributed by atoms with Gasteiger partial charge in [0.05, 0.1) is 5.60 Å². The van der Waals surface area contributed by atoms with Gasteiger partial charge in [0.15, 0.2) is 0 Å². The number of nitrogens with zero attached hydrogens (tertiary/aromatic N) is 2. The smallest absolute Gasteiger partial charge is 0.0623 e. The second kappa shape index (κ2) is 5.87. The topological polar surface area (TPSA) is 27.7 Å². The molecule has 1 N–H and O–H groups in total. The Morgan fingerprint density at radius 2 is 1.94 bits per heavy atom. The van der Waals surface area contributed by atoms with Crippen LogP contribution in [0.3, 0.4) is 0 Å². The summed E-state index contributed by atoms with van der Waals surface area (Å²) in [5.41, 5.74) is -0.00159. The van der Waals surface area contributed by atoms with Crippen LogP contribution in [0.15, 0.2) is 0 Å². The van der Waals surface area contributed by atoms with Crippen LogP contribution in [0.4, 0.5) is 0 Å². The van der Waals surface area contributed by atoms with Gasteiger partial charge in [0.2, 0.25) is 0 Å². The van der Waals surface area contributed by atoms with Crippen molar-refractivity contribution < 1.29 is 4.74 Å². The molecule has 18 heavy (non-hydrogen) atoms. The van der Waals surface area contributed by atoms with E-state index in [1.807, 2.05) is 7.11 Å². The zero-order chi connectivity index (χ0) is 13.2. The molecule has 2 unspecified atom stereocenters. The van der Waals surface area contributed by atoms with E-state index in [0.29, 0.717) is 12.1 Å². The van der Waals surface area contributed by atoms with Gasteiger partial charge in [-0.25, -0.2) is 0 Å². The minimum atomic E-state index is -0.00159. The fourth-order valence-corrected chi connectivity index (χ4v) is 3.17. The molecule has 0 aliphatic carbocycles. The minimum absolute atomic E-state index is 0.00159. The van der Waals surface area contributed by atoms with Crippen LogP contribution in [0.1, 0.15) is 26.7 Å². The third-order valence-corrected chi connectivity index (χ3v) is 4.77. The molecule has 0 spiro atoms. The van der Waals surface area contributed by atoms with Gasteiger partial charge in [0.1, 0.15) is 0 Å². The molecule has 3 aliphatic heterocycles. The monoisotopic (exact) mass is 255 g/mol. The quantitative estimate of drug-likeness (QED) is 0.759. The Balaban J connectivity index is 1.88. The normalized spacial score (nSPS) is 33.7. The highest BCUT2D eigenvalue weighted by molar-refractivity contribution is 4.95. The summed E-state index contributed by atoms with van der Waals surface area (Å²) in [6.07, 6.45) is 2.30. The SMILES string of the molecule is CNC(CCC(C)(C)OC)C1CN2CCN1CC2. The zero-order valence-electron chi connectivity index (χ0n) is 12.4. The van der Waals surface area contributed by atoms with Gasteiger partial charge in [-0.15, -0.1) is 0 Å². The largest absolute Gasteiger partial charge is 0.379 e. The summed E-state index contributed by atoms with van der Waals surface area (Å²) in [5, 5.41) is 3.53. The number of ether oxygens (including phenoxy) is 1. The summed E-state index contributed by atoms with van der Waals surface area (Å²) in [4.78, 5) is 5.28. The average molecular weight is 255 g/mol. The Morgan fingerprint density at radius 3 is 2.39 bits per heavy atom. The van der Waals surface area contributed by atoms with Crippen LogP contribution in [0.2, 0.25) is 0 Å². The predicted molar refractivity (Wildman–Crippen MR) is 75.0 cm³/mol. The lowest BCUT2D eigenvalue weighted by Gasteiger charge is -2.50. The Kier molecular flexibility index (Phi) is 4.64. The number of methoxy groups -OCH3 is 1. The van der Waals surface area contributed by atoms with Crippen molar-refractivity contribution in [1.29, 1.82) is 0 Å². The second-order valence-corrected chi connectivity index (χ2v) is 6.30. The molecule has 106 valence electrons. The van der Waals surface area contributed by atoms with Gasteiger partial charge in [-0.2, -0.15) is 0 Å². The maximum Gasteiger partial charge on any atom is 0.0623 e. The maximum atomic E-state index is 5.53. The van der Waals surface area contributed by atoms with Gasteiger partial charge in [-0.1, -0.05) is 0 Å². The number of rotatable bonds is 6. The summed E-state index contributed by atoms with van der Waals surface area (Å²) >= 11 is 0. The van der Waals surface area contributed by atoms with E-state index in [2.05, 4.69) is 36.0 Å². The molecule has 0 radical (unpaired) electrons. The molecule has 3 saturated heterocycles. The molecule has 0 saturated carbocycles. The van der Waals surface area contributed by atoms with Crippen LogP contribution in [0, 0.1) is 0 Å². The molecule has 4 nitrogen and oxygen atoms in total. The maximum absolute atomic E-state index is 5.53. The van der Waals surface area contributed by atoms with Crippen LogP contribution in [0.5, 0.6) is 0 Å². The van der Waals surface area contributed by atoms with Crippen molar-refractivity contribution in [3.63, 3.8) is 0 Å². The highest BCUT2D eigenvalue weighted by atomic mass is 16.5. The molecule has 4 heteroatoms. The fourth-order valence-electron chi connectivity index (χ4n) is 3.17. The van der Waals surface area contributed by atoms with Gasteiger partial charge in [-0.05, 0) is 33.7 Å². The zero-order valence-corrected chi connectivity index (χ0v) is 12.4. The first kappa shape index (κ1) is 14.3. The van der Waals surface area contributed by atoms with Crippen LogP contribution in [-0.4, -0.2) is 74.4 Å². The van der Waals surface area contributed by atoms with E-state index in [1.54, 1.807) is 0 Å². The highest BCUT2D eigenvalue weighted by Gasteiger charge is 2.36. The van der Waals surface area contributed by atoms with Gasteiger partial charge in [0.25, 0.3) is 0 Å². The van der Waals surface area contributed by atoms with E-state index >= 15 is 0 Å². The molecule has 3 rings (SSSR count). The Hall–Kier alpha value is -0.160. The van der Waals surface area contributed by atoms with Gasteiger partial charge in [-0.3, -0.25) is 9.80 Å². The molecule has 2 atom stereocenters. The summed E-state index contributed by atoms with van der Waals surface area (Å²) in [6.45, 7) is 10.6. The number of likely N-dealkylation sites (N-methyl/N-ethyl adjacent to an activating group) is 1. The third-order valence-electron chi connectivity index (χ3n) is 4.77. The average Bonchev–Trinajstić information content (AvgIpc) is 2.41. The van der Waals surface area contributed by atoms with Crippen molar-refractivity contribution in [2.75, 3.05) is 46.9 Å². The Labute approximate surface area is 112 Å². The lowest BCUT2D eigenvalue weighted by atomic mass is 9.92. The molecule has 0 aromatic carbocycles. The first-order valence-electron chi connectivity index (χ1n) is 7.24. The number of nitrogens with one attached hydrogen (secondary N) is 1. The molecule has 3 heterocycles. The molecule has 0 aromatic heterocycles. The first-order valence-corrected chi connectivity index (χ1v) is 7.24. The van der Waals surface area contributed by atoms with Crippen LogP contribution in [-0.2, 0) is 4.74 Å². The predicted octanol–water partition coefficient (Wildman–Crippen LogP) is 0.779. The molecular weight excluding hydrogens is 226 g/mol. The van der Waals surface area contributed by atoms with Crippen molar-refractivity contribution in [2.24, 2.45) is 0 Å². The minimum Gasteiger partial charge on any atom is -0.379 e. The first-order chi connectivity index (χ1) is 8.55. The van der Waals surface area contributed by atoms with Crippen molar-refractivity contribution in [3.8, 4) is 0 Å². The number of fused-ring (bicyclic) bond motifs is 3. The fraction of sp³-hybridized carbons (Fsp3) is 1.00. The molecule has 3 aliphatic rings.